The molecular weight excluding hydrogens is 194 g/mol. The maximum Gasteiger partial charge on any atom is 0.202 e. The Morgan fingerprint density at radius 2 is 2.14 bits per heavy atom. The van der Waals surface area contributed by atoms with E-state index in [2.05, 4.69) is 28.5 Å². The number of anilines is 1. The first-order valence-electron chi connectivity index (χ1n) is 5.23. The molecular formula is C10H17N3S. The van der Waals surface area contributed by atoms with Crippen LogP contribution >= 0.6 is 11.5 Å². The van der Waals surface area contributed by atoms with Gasteiger partial charge in [-0.05, 0) is 31.6 Å². The van der Waals surface area contributed by atoms with Crippen molar-refractivity contribution in [2.45, 2.75) is 39.7 Å². The third-order valence-corrected chi connectivity index (χ3v) is 4.04. The highest BCUT2D eigenvalue weighted by molar-refractivity contribution is 7.09. The van der Waals surface area contributed by atoms with E-state index in [9.17, 15) is 0 Å². The van der Waals surface area contributed by atoms with E-state index in [-0.39, 0.29) is 0 Å². The van der Waals surface area contributed by atoms with E-state index in [1.54, 1.807) is 0 Å². The number of rotatable bonds is 2. The zero-order valence-corrected chi connectivity index (χ0v) is 9.77. The fourth-order valence-corrected chi connectivity index (χ4v) is 2.72. The molecule has 78 valence electrons. The highest BCUT2D eigenvalue weighted by atomic mass is 32.1. The Morgan fingerprint density at radius 1 is 1.36 bits per heavy atom. The van der Waals surface area contributed by atoms with Crippen molar-refractivity contribution in [1.82, 2.24) is 9.36 Å². The largest absolute Gasteiger partial charge is 0.357 e. The fourth-order valence-electron chi connectivity index (χ4n) is 2.08. The zero-order valence-electron chi connectivity index (χ0n) is 8.95. The Bertz CT molecular complexity index is 310. The number of nitrogens with zero attached hydrogens (tertiary/aromatic N) is 2. The van der Waals surface area contributed by atoms with Crippen molar-refractivity contribution in [2.75, 3.05) is 5.32 Å². The highest BCUT2D eigenvalue weighted by Gasteiger charge is 2.29. The number of hydrogen-bond acceptors (Lipinski definition) is 4. The van der Waals surface area contributed by atoms with E-state index in [0.29, 0.717) is 6.04 Å². The van der Waals surface area contributed by atoms with Gasteiger partial charge in [0.2, 0.25) is 5.13 Å². The molecule has 3 unspecified atom stereocenters. The van der Waals surface area contributed by atoms with Crippen LogP contribution in [0, 0.1) is 18.8 Å². The lowest BCUT2D eigenvalue weighted by Gasteiger charge is -2.18. The van der Waals surface area contributed by atoms with E-state index < -0.39 is 0 Å². The van der Waals surface area contributed by atoms with Crippen molar-refractivity contribution < 1.29 is 0 Å². The van der Waals surface area contributed by atoms with Gasteiger partial charge in [-0.15, -0.1) is 0 Å². The zero-order chi connectivity index (χ0) is 10.1. The van der Waals surface area contributed by atoms with Gasteiger partial charge in [0.25, 0.3) is 0 Å². The SMILES string of the molecule is Cc1nsc(NC2CCC(C)C2C)n1. The lowest BCUT2D eigenvalue weighted by Crippen LogP contribution is -2.23. The Labute approximate surface area is 89.1 Å². The first-order chi connectivity index (χ1) is 6.66. The predicted molar refractivity (Wildman–Crippen MR) is 59.6 cm³/mol. The van der Waals surface area contributed by atoms with Gasteiger partial charge in [-0.1, -0.05) is 13.8 Å². The molecule has 1 fully saturated rings. The van der Waals surface area contributed by atoms with Crippen LogP contribution in [0.4, 0.5) is 5.13 Å². The quantitative estimate of drug-likeness (QED) is 0.817. The summed E-state index contributed by atoms with van der Waals surface area (Å²) in [5.41, 5.74) is 0. The van der Waals surface area contributed by atoms with Gasteiger partial charge in [0.05, 0.1) is 0 Å². The molecule has 0 bridgehead atoms. The Hall–Kier alpha value is -0.640. The number of hydrogen-bond donors (Lipinski definition) is 1. The normalized spacial score (nSPS) is 32.1. The summed E-state index contributed by atoms with van der Waals surface area (Å²) in [6, 6.07) is 0.595. The molecule has 1 N–H and O–H groups in total. The van der Waals surface area contributed by atoms with Gasteiger partial charge in [0.15, 0.2) is 0 Å². The van der Waals surface area contributed by atoms with Crippen molar-refractivity contribution in [3.63, 3.8) is 0 Å². The monoisotopic (exact) mass is 211 g/mol. The van der Waals surface area contributed by atoms with Gasteiger partial charge in [0, 0.05) is 17.6 Å². The summed E-state index contributed by atoms with van der Waals surface area (Å²) in [7, 11) is 0. The fraction of sp³-hybridized carbons (Fsp3) is 0.800. The first-order valence-corrected chi connectivity index (χ1v) is 6.01. The summed E-state index contributed by atoms with van der Waals surface area (Å²) in [4.78, 5) is 4.33. The second-order valence-electron chi connectivity index (χ2n) is 4.31. The number of nitrogens with one attached hydrogen (secondary N) is 1. The van der Waals surface area contributed by atoms with Crippen LogP contribution in [0.3, 0.4) is 0 Å². The van der Waals surface area contributed by atoms with Gasteiger partial charge in [-0.2, -0.15) is 4.37 Å². The minimum absolute atomic E-state index is 0.595. The van der Waals surface area contributed by atoms with Crippen LogP contribution in [0.25, 0.3) is 0 Å². The Balaban J connectivity index is 1.98. The van der Waals surface area contributed by atoms with Crippen molar-refractivity contribution >= 4 is 16.7 Å². The van der Waals surface area contributed by atoms with Crippen molar-refractivity contribution in [2.24, 2.45) is 11.8 Å². The van der Waals surface area contributed by atoms with E-state index in [4.69, 9.17) is 0 Å². The Kier molecular flexibility index (Phi) is 2.72. The smallest absolute Gasteiger partial charge is 0.202 e. The van der Waals surface area contributed by atoms with Crippen LogP contribution in [-0.4, -0.2) is 15.4 Å². The third kappa shape index (κ3) is 1.90. The first kappa shape index (κ1) is 9.90. The molecule has 3 atom stereocenters. The van der Waals surface area contributed by atoms with E-state index in [1.165, 1.54) is 24.4 Å². The second kappa shape index (κ2) is 3.85. The molecule has 0 amide bonds. The predicted octanol–water partition coefficient (Wildman–Crippen LogP) is 2.69. The minimum atomic E-state index is 0.595. The van der Waals surface area contributed by atoms with Crippen LogP contribution in [-0.2, 0) is 0 Å². The van der Waals surface area contributed by atoms with Crippen LogP contribution < -0.4 is 5.32 Å². The molecule has 2 rings (SSSR count). The van der Waals surface area contributed by atoms with Crippen molar-refractivity contribution in [1.29, 1.82) is 0 Å². The molecule has 0 aromatic carbocycles. The summed E-state index contributed by atoms with van der Waals surface area (Å²) >= 11 is 1.47. The van der Waals surface area contributed by atoms with E-state index in [1.807, 2.05) is 6.92 Å². The summed E-state index contributed by atoms with van der Waals surface area (Å²) in [6.07, 6.45) is 2.59. The average molecular weight is 211 g/mol. The molecule has 1 saturated carbocycles. The maximum absolute atomic E-state index is 4.33. The molecule has 0 saturated heterocycles. The summed E-state index contributed by atoms with van der Waals surface area (Å²) in [6.45, 7) is 6.59. The lowest BCUT2D eigenvalue weighted by molar-refractivity contribution is 0.435. The molecule has 1 aromatic rings. The van der Waals surface area contributed by atoms with E-state index in [0.717, 1.165) is 22.8 Å². The van der Waals surface area contributed by atoms with Crippen molar-refractivity contribution in [3.05, 3.63) is 5.82 Å². The average Bonchev–Trinajstić information content (AvgIpc) is 2.67. The summed E-state index contributed by atoms with van der Waals surface area (Å²) in [5.74, 6) is 2.46. The molecule has 1 heterocycles. The van der Waals surface area contributed by atoms with Gasteiger partial charge in [-0.3, -0.25) is 0 Å². The van der Waals surface area contributed by atoms with Gasteiger partial charge < -0.3 is 5.32 Å². The number of aryl methyl sites for hydroxylation is 1. The van der Waals surface area contributed by atoms with E-state index >= 15 is 0 Å². The van der Waals surface area contributed by atoms with Crippen LogP contribution in [0.1, 0.15) is 32.5 Å². The molecule has 4 heteroatoms. The molecule has 3 nitrogen and oxygen atoms in total. The van der Waals surface area contributed by atoms with Gasteiger partial charge in [-0.25, -0.2) is 4.98 Å². The molecule has 14 heavy (non-hydrogen) atoms. The van der Waals surface area contributed by atoms with Crippen LogP contribution in [0.2, 0.25) is 0 Å². The van der Waals surface area contributed by atoms with Gasteiger partial charge >= 0.3 is 0 Å². The minimum Gasteiger partial charge on any atom is -0.357 e. The third-order valence-electron chi connectivity index (χ3n) is 3.30. The number of aromatic nitrogens is 2. The lowest BCUT2D eigenvalue weighted by atomic mass is 9.98. The summed E-state index contributed by atoms with van der Waals surface area (Å²) < 4.78 is 4.17. The second-order valence-corrected chi connectivity index (χ2v) is 5.06. The maximum atomic E-state index is 4.33. The Morgan fingerprint density at radius 3 is 2.64 bits per heavy atom. The molecule has 1 aliphatic carbocycles. The van der Waals surface area contributed by atoms with Crippen LogP contribution in [0.5, 0.6) is 0 Å². The van der Waals surface area contributed by atoms with Crippen molar-refractivity contribution in [3.8, 4) is 0 Å². The van der Waals surface area contributed by atoms with Gasteiger partial charge in [0.1, 0.15) is 5.82 Å². The highest BCUT2D eigenvalue weighted by Crippen LogP contribution is 2.33. The molecule has 0 radical (unpaired) electrons. The molecule has 1 aliphatic rings. The summed E-state index contributed by atoms with van der Waals surface area (Å²) in [5, 5.41) is 4.47. The molecule has 1 aromatic heterocycles. The molecule has 0 aliphatic heterocycles. The standard InChI is InChI=1S/C10H17N3S/c1-6-4-5-9(7(6)2)12-10-11-8(3)13-14-10/h6-7,9H,4-5H2,1-3H3,(H,11,12,13). The molecule has 0 spiro atoms. The topological polar surface area (TPSA) is 37.8 Å². The van der Waals surface area contributed by atoms with Crippen LogP contribution in [0.15, 0.2) is 0 Å².